The quantitative estimate of drug-likeness (QED) is 0.548. The maximum atomic E-state index is 13.0. The highest BCUT2D eigenvalue weighted by Gasteiger charge is 2.32. The highest BCUT2D eigenvalue weighted by molar-refractivity contribution is 7.92. The van der Waals surface area contributed by atoms with E-state index in [2.05, 4.69) is 31.8 Å². The van der Waals surface area contributed by atoms with Gasteiger partial charge in [-0.05, 0) is 49.5 Å². The molecule has 0 radical (unpaired) electrons. The van der Waals surface area contributed by atoms with Gasteiger partial charge in [-0.2, -0.15) is 13.2 Å². The zero-order chi connectivity index (χ0) is 24.5. The summed E-state index contributed by atoms with van der Waals surface area (Å²) in [5, 5.41) is 8.24. The van der Waals surface area contributed by atoms with E-state index < -0.39 is 26.7 Å². The van der Waals surface area contributed by atoms with E-state index in [4.69, 9.17) is 11.6 Å². The number of hydrogen-bond donors (Lipinski definition) is 1. The van der Waals surface area contributed by atoms with Gasteiger partial charge < -0.3 is 9.80 Å². The zero-order valence-electron chi connectivity index (χ0n) is 18.1. The molecule has 0 amide bonds. The van der Waals surface area contributed by atoms with Gasteiger partial charge in [0.1, 0.15) is 4.90 Å². The topological polar surface area (TPSA) is 78.4 Å². The van der Waals surface area contributed by atoms with Crippen LogP contribution in [0.25, 0.3) is 11.3 Å². The Balaban J connectivity index is 1.55. The van der Waals surface area contributed by atoms with Crippen molar-refractivity contribution in [3.8, 4) is 11.3 Å². The Bertz CT molecular complexity index is 1280. The summed E-state index contributed by atoms with van der Waals surface area (Å²) in [4.78, 5) is 3.71. The monoisotopic (exact) mass is 511 g/mol. The average Bonchev–Trinajstić information content (AvgIpc) is 2.79. The molecule has 2 aromatic carbocycles. The van der Waals surface area contributed by atoms with Crippen LogP contribution in [0.5, 0.6) is 0 Å². The van der Waals surface area contributed by atoms with Crippen molar-refractivity contribution in [2.45, 2.75) is 11.1 Å². The molecule has 2 heterocycles. The summed E-state index contributed by atoms with van der Waals surface area (Å²) in [5.41, 5.74) is 0.154. The number of piperazine rings is 1. The van der Waals surface area contributed by atoms with Crippen molar-refractivity contribution in [3.63, 3.8) is 0 Å². The number of benzene rings is 2. The Morgan fingerprint density at radius 3 is 2.35 bits per heavy atom. The molecule has 1 aliphatic rings. The number of likely N-dealkylation sites (N-methyl/N-ethyl adjacent to an activating group) is 1. The summed E-state index contributed by atoms with van der Waals surface area (Å²) >= 11 is 5.90. The molecule has 0 bridgehead atoms. The highest BCUT2D eigenvalue weighted by atomic mass is 35.5. The van der Waals surface area contributed by atoms with Crippen LogP contribution in [0.3, 0.4) is 0 Å². The number of halogens is 4. The Kier molecular flexibility index (Phi) is 6.70. The lowest BCUT2D eigenvalue weighted by Crippen LogP contribution is -2.44. The normalized spacial score (nSPS) is 15.4. The Hall–Kier alpha value is -2.89. The summed E-state index contributed by atoms with van der Waals surface area (Å²) in [6.07, 6.45) is -4.70. The number of alkyl halides is 3. The van der Waals surface area contributed by atoms with E-state index in [9.17, 15) is 21.6 Å². The molecule has 7 nitrogen and oxygen atoms in total. The largest absolute Gasteiger partial charge is 0.416 e. The van der Waals surface area contributed by atoms with Crippen LogP contribution in [0.1, 0.15) is 5.56 Å². The third kappa shape index (κ3) is 5.43. The van der Waals surface area contributed by atoms with E-state index in [0.29, 0.717) is 17.3 Å². The second-order valence-electron chi connectivity index (χ2n) is 7.90. The van der Waals surface area contributed by atoms with Gasteiger partial charge in [0, 0.05) is 37.4 Å². The van der Waals surface area contributed by atoms with Crippen molar-refractivity contribution >= 4 is 33.1 Å². The fourth-order valence-corrected chi connectivity index (χ4v) is 5.10. The molecule has 0 atom stereocenters. The summed E-state index contributed by atoms with van der Waals surface area (Å²) in [6.45, 7) is 3.56. The lowest BCUT2D eigenvalue weighted by Gasteiger charge is -2.32. The van der Waals surface area contributed by atoms with Crippen molar-refractivity contribution in [1.82, 2.24) is 15.1 Å². The molecule has 0 saturated carbocycles. The third-order valence-corrected chi connectivity index (χ3v) is 7.30. The van der Waals surface area contributed by atoms with Crippen molar-refractivity contribution in [2.24, 2.45) is 0 Å². The molecule has 1 aliphatic heterocycles. The van der Waals surface area contributed by atoms with Gasteiger partial charge in [0.25, 0.3) is 10.0 Å². The zero-order valence-corrected chi connectivity index (χ0v) is 19.6. The number of aromatic nitrogens is 2. The maximum absolute atomic E-state index is 13.0. The first-order chi connectivity index (χ1) is 16.0. The van der Waals surface area contributed by atoms with Crippen molar-refractivity contribution in [2.75, 3.05) is 42.8 Å². The Morgan fingerprint density at radius 1 is 0.971 bits per heavy atom. The summed E-state index contributed by atoms with van der Waals surface area (Å²) in [6, 6.07) is 12.1. The van der Waals surface area contributed by atoms with Crippen LogP contribution in [0, 0.1) is 0 Å². The van der Waals surface area contributed by atoms with Gasteiger partial charge in [-0.15, -0.1) is 10.2 Å². The molecule has 1 aromatic heterocycles. The predicted molar refractivity (Wildman–Crippen MR) is 124 cm³/mol. The first-order valence-electron chi connectivity index (χ1n) is 10.3. The molecule has 4 rings (SSSR count). The second kappa shape index (κ2) is 9.40. The standard InChI is InChI=1S/C22H21ClF3N5O2S/c1-30-9-11-31(12-10-30)21-8-7-19(27-28-21)15-3-2-4-17(13-15)29-34(32,33)20-14-16(22(24,25)26)5-6-18(20)23/h2-8,13-14,29H,9-12H2,1H3. The number of sulfonamides is 1. The minimum atomic E-state index is -4.70. The van der Waals surface area contributed by atoms with Gasteiger partial charge >= 0.3 is 6.18 Å². The van der Waals surface area contributed by atoms with Crippen LogP contribution in [-0.4, -0.2) is 56.7 Å². The first-order valence-corrected chi connectivity index (χ1v) is 12.2. The lowest BCUT2D eigenvalue weighted by atomic mass is 10.1. The van der Waals surface area contributed by atoms with E-state index in [1.54, 1.807) is 18.2 Å². The van der Waals surface area contributed by atoms with Gasteiger partial charge in [0.2, 0.25) is 0 Å². The van der Waals surface area contributed by atoms with Crippen molar-refractivity contribution in [1.29, 1.82) is 0 Å². The highest BCUT2D eigenvalue weighted by Crippen LogP contribution is 2.34. The fraction of sp³-hybridized carbons (Fsp3) is 0.273. The van der Waals surface area contributed by atoms with E-state index in [1.165, 1.54) is 12.1 Å². The Morgan fingerprint density at radius 2 is 1.71 bits per heavy atom. The fourth-order valence-electron chi connectivity index (χ4n) is 3.52. The van der Waals surface area contributed by atoms with Gasteiger partial charge in [-0.3, -0.25) is 4.72 Å². The number of hydrogen-bond acceptors (Lipinski definition) is 6. The van der Waals surface area contributed by atoms with Crippen LogP contribution < -0.4 is 9.62 Å². The van der Waals surface area contributed by atoms with Crippen LogP contribution in [-0.2, 0) is 16.2 Å². The number of rotatable bonds is 5. The number of nitrogens with zero attached hydrogens (tertiary/aromatic N) is 4. The molecule has 3 aromatic rings. The average molecular weight is 512 g/mol. The second-order valence-corrected chi connectivity index (χ2v) is 9.95. The molecule has 0 aliphatic carbocycles. The summed E-state index contributed by atoms with van der Waals surface area (Å²) in [7, 11) is -2.32. The van der Waals surface area contributed by atoms with Gasteiger partial charge in [-0.1, -0.05) is 23.7 Å². The Labute approximate surface area is 200 Å². The third-order valence-electron chi connectivity index (χ3n) is 5.44. The van der Waals surface area contributed by atoms with Crippen LogP contribution >= 0.6 is 11.6 Å². The molecule has 0 unspecified atom stereocenters. The molecular formula is C22H21ClF3N5O2S. The smallest absolute Gasteiger partial charge is 0.353 e. The molecule has 180 valence electrons. The van der Waals surface area contributed by atoms with Crippen molar-refractivity contribution < 1.29 is 21.6 Å². The van der Waals surface area contributed by atoms with Crippen LogP contribution in [0.15, 0.2) is 59.5 Å². The molecule has 1 N–H and O–H groups in total. The van der Waals surface area contributed by atoms with Gasteiger partial charge in [0.05, 0.1) is 16.3 Å². The number of nitrogens with one attached hydrogen (secondary N) is 1. The lowest BCUT2D eigenvalue weighted by molar-refractivity contribution is -0.137. The van der Waals surface area contributed by atoms with Crippen LogP contribution in [0.4, 0.5) is 24.7 Å². The maximum Gasteiger partial charge on any atom is 0.416 e. The van der Waals surface area contributed by atoms with Crippen LogP contribution in [0.2, 0.25) is 5.02 Å². The summed E-state index contributed by atoms with van der Waals surface area (Å²) in [5.74, 6) is 0.757. The van der Waals surface area contributed by atoms with Gasteiger partial charge in [0.15, 0.2) is 5.82 Å². The molecule has 12 heteroatoms. The van der Waals surface area contributed by atoms with E-state index in [0.717, 1.165) is 44.1 Å². The van der Waals surface area contributed by atoms with Gasteiger partial charge in [-0.25, -0.2) is 8.42 Å². The SMILES string of the molecule is CN1CCN(c2ccc(-c3cccc(NS(=O)(=O)c4cc(C(F)(F)F)ccc4Cl)c3)nn2)CC1. The molecule has 34 heavy (non-hydrogen) atoms. The van der Waals surface area contributed by atoms with E-state index >= 15 is 0 Å². The van der Waals surface area contributed by atoms with E-state index in [1.807, 2.05) is 6.07 Å². The first kappa shape index (κ1) is 24.2. The molecule has 1 saturated heterocycles. The molecular weight excluding hydrogens is 491 g/mol. The van der Waals surface area contributed by atoms with E-state index in [-0.39, 0.29) is 10.7 Å². The predicted octanol–water partition coefficient (Wildman–Crippen LogP) is 4.37. The molecule has 1 fully saturated rings. The molecule has 0 spiro atoms. The minimum Gasteiger partial charge on any atom is -0.353 e. The number of anilines is 2. The summed E-state index contributed by atoms with van der Waals surface area (Å²) < 4.78 is 67.0. The minimum absolute atomic E-state index is 0.149. The van der Waals surface area contributed by atoms with Crippen molar-refractivity contribution in [3.05, 3.63) is 65.2 Å².